The molecule has 18 heavy (non-hydrogen) atoms. The van der Waals surface area contributed by atoms with Crippen LogP contribution >= 0.6 is 47.8 Å². The summed E-state index contributed by atoms with van der Waals surface area (Å²) in [7, 11) is 0. The second-order valence-corrected chi connectivity index (χ2v) is 6.18. The van der Waals surface area contributed by atoms with Gasteiger partial charge in [-0.1, -0.05) is 15.9 Å². The van der Waals surface area contributed by atoms with Gasteiger partial charge in [-0.3, -0.25) is 0 Å². The molecule has 1 N–H and O–H groups in total. The molecule has 0 amide bonds. The highest BCUT2D eigenvalue weighted by atomic mass is 79.9. The Morgan fingerprint density at radius 3 is 2.33 bits per heavy atom. The summed E-state index contributed by atoms with van der Waals surface area (Å²) >= 11 is 10.3. The zero-order valence-electron chi connectivity index (χ0n) is 9.05. The fourth-order valence-electron chi connectivity index (χ4n) is 1.43. The topological polar surface area (TPSA) is 35.8 Å². The molecule has 0 atom stereocenters. The quantitative estimate of drug-likeness (QED) is 0.674. The van der Waals surface area contributed by atoms with Crippen molar-refractivity contribution in [1.29, 1.82) is 5.26 Å². The summed E-state index contributed by atoms with van der Waals surface area (Å²) in [5, 5.41) is 12.1. The first-order valence-corrected chi connectivity index (χ1v) is 7.40. The lowest BCUT2D eigenvalue weighted by atomic mass is 10.2. The van der Waals surface area contributed by atoms with Gasteiger partial charge in [0.15, 0.2) is 0 Å². The smallest absolute Gasteiger partial charge is 0.100 e. The van der Waals surface area contributed by atoms with Crippen LogP contribution in [0.5, 0.6) is 0 Å². The van der Waals surface area contributed by atoms with E-state index in [0.29, 0.717) is 5.56 Å². The maximum atomic E-state index is 8.86. The lowest BCUT2D eigenvalue weighted by Crippen LogP contribution is -1.92. The highest BCUT2D eigenvalue weighted by Crippen LogP contribution is 2.30. The third-order valence-electron chi connectivity index (χ3n) is 2.30. The summed E-state index contributed by atoms with van der Waals surface area (Å²) in [4.78, 5) is 0. The Kier molecular flexibility index (Phi) is 4.44. The van der Waals surface area contributed by atoms with Gasteiger partial charge in [0.2, 0.25) is 0 Å². The average Bonchev–Trinajstić information content (AvgIpc) is 2.33. The van der Waals surface area contributed by atoms with E-state index in [1.807, 2.05) is 30.3 Å². The Hall–Kier alpha value is -0.830. The highest BCUT2D eigenvalue weighted by molar-refractivity contribution is 9.11. The van der Waals surface area contributed by atoms with Gasteiger partial charge in [0.05, 0.1) is 11.3 Å². The van der Waals surface area contributed by atoms with Gasteiger partial charge >= 0.3 is 0 Å². The largest absolute Gasteiger partial charge is 0.355 e. The average molecular weight is 431 g/mol. The second kappa shape index (κ2) is 5.87. The number of benzene rings is 2. The molecule has 0 aliphatic carbocycles. The van der Waals surface area contributed by atoms with Crippen molar-refractivity contribution >= 4 is 59.2 Å². The van der Waals surface area contributed by atoms with Gasteiger partial charge in [-0.2, -0.15) is 5.26 Å². The van der Waals surface area contributed by atoms with Crippen LogP contribution in [0.1, 0.15) is 5.56 Å². The van der Waals surface area contributed by atoms with Crippen LogP contribution in [-0.2, 0) is 0 Å². The fraction of sp³-hybridized carbons (Fsp3) is 0. The third-order valence-corrected chi connectivity index (χ3v) is 4.11. The molecule has 0 aliphatic rings. The molecule has 2 nitrogen and oxygen atoms in total. The molecule has 2 rings (SSSR count). The number of hydrogen-bond donors (Lipinski definition) is 1. The molecule has 0 bridgehead atoms. The summed E-state index contributed by atoms with van der Waals surface area (Å²) < 4.78 is 2.77. The molecule has 0 radical (unpaired) electrons. The maximum Gasteiger partial charge on any atom is 0.100 e. The number of nitriles is 1. The first-order chi connectivity index (χ1) is 8.60. The van der Waals surface area contributed by atoms with Gasteiger partial charge in [-0.15, -0.1) is 0 Å². The third kappa shape index (κ3) is 3.14. The van der Waals surface area contributed by atoms with E-state index in [1.165, 1.54) is 0 Å². The minimum atomic E-state index is 0.621. The monoisotopic (exact) mass is 428 g/mol. The highest BCUT2D eigenvalue weighted by Gasteiger charge is 2.04. The molecule has 0 aliphatic heterocycles. The van der Waals surface area contributed by atoms with Crippen LogP contribution in [0.2, 0.25) is 0 Å². The van der Waals surface area contributed by atoms with Crippen molar-refractivity contribution in [2.45, 2.75) is 0 Å². The van der Waals surface area contributed by atoms with E-state index in [9.17, 15) is 0 Å². The molecule has 0 saturated carbocycles. The Morgan fingerprint density at radius 1 is 0.944 bits per heavy atom. The van der Waals surface area contributed by atoms with Gasteiger partial charge < -0.3 is 5.32 Å². The molecular weight excluding hydrogens is 424 g/mol. The van der Waals surface area contributed by atoms with E-state index in [0.717, 1.165) is 24.8 Å². The molecule has 5 heteroatoms. The molecule has 0 fully saturated rings. The summed E-state index contributed by atoms with van der Waals surface area (Å²) in [5.74, 6) is 0. The number of nitrogens with zero attached hydrogens (tertiary/aromatic N) is 1. The van der Waals surface area contributed by atoms with E-state index in [1.54, 1.807) is 6.07 Å². The number of rotatable bonds is 2. The molecule has 2 aromatic rings. The first-order valence-electron chi connectivity index (χ1n) is 5.02. The standard InChI is InChI=1S/C13H7Br3N2/c14-9-2-4-13(12(16)5-9)18-10-3-1-8(7-17)11(15)6-10/h1-6,18H. The van der Waals surface area contributed by atoms with Crippen molar-refractivity contribution in [1.82, 2.24) is 0 Å². The Balaban J connectivity index is 2.29. The van der Waals surface area contributed by atoms with Crippen LogP contribution in [0, 0.1) is 11.3 Å². The minimum Gasteiger partial charge on any atom is -0.355 e. The zero-order chi connectivity index (χ0) is 13.1. The van der Waals surface area contributed by atoms with Crippen LogP contribution in [0.25, 0.3) is 0 Å². The number of halogens is 3. The van der Waals surface area contributed by atoms with Gasteiger partial charge in [0.1, 0.15) is 6.07 Å². The predicted molar refractivity (Wildman–Crippen MR) is 84.0 cm³/mol. The molecule has 0 spiro atoms. The van der Waals surface area contributed by atoms with Crippen molar-refractivity contribution in [2.24, 2.45) is 0 Å². The molecule has 0 unspecified atom stereocenters. The zero-order valence-corrected chi connectivity index (χ0v) is 13.8. The normalized spacial score (nSPS) is 9.89. The van der Waals surface area contributed by atoms with Crippen molar-refractivity contribution in [3.8, 4) is 6.07 Å². The Labute approximate surface area is 130 Å². The minimum absolute atomic E-state index is 0.621. The maximum absolute atomic E-state index is 8.86. The summed E-state index contributed by atoms with van der Waals surface area (Å²) in [6.07, 6.45) is 0. The van der Waals surface area contributed by atoms with Gasteiger partial charge in [0, 0.05) is 19.1 Å². The second-order valence-electron chi connectivity index (χ2n) is 3.56. The molecule has 0 saturated heterocycles. The van der Waals surface area contributed by atoms with Crippen molar-refractivity contribution < 1.29 is 0 Å². The predicted octanol–water partition coefficient (Wildman–Crippen LogP) is 5.59. The van der Waals surface area contributed by atoms with E-state index in [-0.39, 0.29) is 0 Å². The SMILES string of the molecule is N#Cc1ccc(Nc2ccc(Br)cc2Br)cc1Br. The molecule has 0 heterocycles. The Morgan fingerprint density at radius 2 is 1.72 bits per heavy atom. The van der Waals surface area contributed by atoms with E-state index >= 15 is 0 Å². The first kappa shape index (κ1) is 13.6. The van der Waals surface area contributed by atoms with Crippen LogP contribution < -0.4 is 5.32 Å². The van der Waals surface area contributed by atoms with E-state index in [2.05, 4.69) is 59.2 Å². The van der Waals surface area contributed by atoms with Gasteiger partial charge in [-0.05, 0) is 68.3 Å². The number of hydrogen-bond acceptors (Lipinski definition) is 2. The summed E-state index contributed by atoms with van der Waals surface area (Å²) in [5.41, 5.74) is 2.51. The van der Waals surface area contributed by atoms with Crippen LogP contribution in [-0.4, -0.2) is 0 Å². The van der Waals surface area contributed by atoms with E-state index in [4.69, 9.17) is 5.26 Å². The van der Waals surface area contributed by atoms with Crippen molar-refractivity contribution in [3.63, 3.8) is 0 Å². The fourth-order valence-corrected chi connectivity index (χ4v) is 3.04. The van der Waals surface area contributed by atoms with E-state index < -0.39 is 0 Å². The van der Waals surface area contributed by atoms with Gasteiger partial charge in [0.25, 0.3) is 0 Å². The lowest BCUT2D eigenvalue weighted by molar-refractivity contribution is 1.45. The number of nitrogens with one attached hydrogen (secondary N) is 1. The van der Waals surface area contributed by atoms with Gasteiger partial charge in [-0.25, -0.2) is 0 Å². The van der Waals surface area contributed by atoms with Crippen molar-refractivity contribution in [3.05, 3.63) is 55.4 Å². The van der Waals surface area contributed by atoms with Crippen molar-refractivity contribution in [2.75, 3.05) is 5.32 Å². The summed E-state index contributed by atoms with van der Waals surface area (Å²) in [6.45, 7) is 0. The lowest BCUT2D eigenvalue weighted by Gasteiger charge is -2.09. The molecule has 90 valence electrons. The summed E-state index contributed by atoms with van der Waals surface area (Å²) in [6, 6.07) is 13.6. The Bertz CT molecular complexity index is 633. The molecule has 2 aromatic carbocycles. The van der Waals surface area contributed by atoms with Crippen LogP contribution in [0.4, 0.5) is 11.4 Å². The van der Waals surface area contributed by atoms with Crippen LogP contribution in [0.3, 0.4) is 0 Å². The molecular formula is C13H7Br3N2. The number of anilines is 2. The molecule has 0 aromatic heterocycles. The van der Waals surface area contributed by atoms with Crippen LogP contribution in [0.15, 0.2) is 49.8 Å².